The molecule has 1 N–H and O–H groups in total. The lowest BCUT2D eigenvalue weighted by atomic mass is 10.0. The van der Waals surface area contributed by atoms with E-state index in [0.29, 0.717) is 29.0 Å². The predicted octanol–water partition coefficient (Wildman–Crippen LogP) is 2.89. The summed E-state index contributed by atoms with van der Waals surface area (Å²) in [6.45, 7) is 2.22. The van der Waals surface area contributed by atoms with Gasteiger partial charge in [-0.1, -0.05) is 17.7 Å². The fraction of sp³-hybridized carbons (Fsp3) is 0.222. The number of carbonyl (C=O) groups excluding carboxylic acids is 1. The van der Waals surface area contributed by atoms with Crippen molar-refractivity contribution in [2.24, 2.45) is 0 Å². The van der Waals surface area contributed by atoms with Crippen LogP contribution in [0.5, 0.6) is 0 Å². The van der Waals surface area contributed by atoms with Gasteiger partial charge in [0.1, 0.15) is 12.1 Å². The summed E-state index contributed by atoms with van der Waals surface area (Å²) in [4.78, 5) is 12.6. The second-order valence-electron chi connectivity index (χ2n) is 5.98. The Labute approximate surface area is 160 Å². The summed E-state index contributed by atoms with van der Waals surface area (Å²) in [6, 6.07) is 9.38. The van der Waals surface area contributed by atoms with Gasteiger partial charge in [0.2, 0.25) is 0 Å². The third kappa shape index (κ3) is 4.47. The van der Waals surface area contributed by atoms with Crippen molar-refractivity contribution in [2.75, 3.05) is 13.7 Å². The Morgan fingerprint density at radius 2 is 2.11 bits per heavy atom. The number of nitrogens with one attached hydrogen (secondary N) is 1. The molecule has 0 radical (unpaired) electrons. The summed E-state index contributed by atoms with van der Waals surface area (Å²) in [5.74, 6) is -0.827. The van der Waals surface area contributed by atoms with Gasteiger partial charge in [-0.15, -0.1) is 5.10 Å². The van der Waals surface area contributed by atoms with Gasteiger partial charge in [0, 0.05) is 18.7 Å². The van der Waals surface area contributed by atoms with Gasteiger partial charge >= 0.3 is 0 Å². The van der Waals surface area contributed by atoms with E-state index in [-0.39, 0.29) is 17.0 Å². The zero-order chi connectivity index (χ0) is 19.4. The molecule has 3 aromatic rings. The minimum absolute atomic E-state index is 0.0294. The fourth-order valence-corrected chi connectivity index (χ4v) is 2.71. The van der Waals surface area contributed by atoms with Crippen molar-refractivity contribution in [1.82, 2.24) is 25.5 Å². The SMILES string of the molecule is COCC(C)NC(=O)c1cc(-c2ccc(Cl)c(F)c2)cc(-n2cnnn2)c1. The van der Waals surface area contributed by atoms with E-state index in [2.05, 4.69) is 20.8 Å². The molecule has 0 aliphatic carbocycles. The molecule has 140 valence electrons. The predicted molar refractivity (Wildman–Crippen MR) is 98.4 cm³/mol. The summed E-state index contributed by atoms with van der Waals surface area (Å²) in [7, 11) is 1.56. The number of rotatable bonds is 6. The normalized spacial score (nSPS) is 12.0. The van der Waals surface area contributed by atoms with Gasteiger partial charge in [-0.05, 0) is 58.8 Å². The van der Waals surface area contributed by atoms with E-state index in [1.807, 2.05) is 6.92 Å². The number of ether oxygens (including phenoxy) is 1. The van der Waals surface area contributed by atoms with E-state index in [4.69, 9.17) is 16.3 Å². The fourth-order valence-electron chi connectivity index (χ4n) is 2.60. The van der Waals surface area contributed by atoms with Crippen LogP contribution in [0.4, 0.5) is 4.39 Å². The number of nitrogens with zero attached hydrogens (tertiary/aromatic N) is 4. The Morgan fingerprint density at radius 1 is 1.30 bits per heavy atom. The van der Waals surface area contributed by atoms with E-state index in [9.17, 15) is 9.18 Å². The van der Waals surface area contributed by atoms with Gasteiger partial charge in [0.05, 0.1) is 17.3 Å². The molecule has 0 aliphatic rings. The van der Waals surface area contributed by atoms with Crippen molar-refractivity contribution in [3.8, 4) is 16.8 Å². The van der Waals surface area contributed by atoms with E-state index in [1.54, 1.807) is 31.4 Å². The minimum Gasteiger partial charge on any atom is -0.383 e. The molecular formula is C18H17ClFN5O2. The van der Waals surface area contributed by atoms with Crippen molar-refractivity contribution in [3.05, 3.63) is 59.1 Å². The van der Waals surface area contributed by atoms with Gasteiger partial charge in [0.15, 0.2) is 0 Å². The smallest absolute Gasteiger partial charge is 0.251 e. The number of methoxy groups -OCH3 is 1. The maximum atomic E-state index is 13.9. The number of tetrazole rings is 1. The first-order valence-electron chi connectivity index (χ1n) is 8.11. The van der Waals surface area contributed by atoms with Gasteiger partial charge < -0.3 is 10.1 Å². The van der Waals surface area contributed by atoms with Crippen LogP contribution in [0, 0.1) is 5.82 Å². The molecule has 1 heterocycles. The minimum atomic E-state index is -0.540. The van der Waals surface area contributed by atoms with Crippen molar-refractivity contribution in [3.63, 3.8) is 0 Å². The Bertz CT molecular complexity index is 949. The highest BCUT2D eigenvalue weighted by molar-refractivity contribution is 6.30. The molecule has 1 aromatic heterocycles. The quantitative estimate of drug-likeness (QED) is 0.701. The van der Waals surface area contributed by atoms with Crippen LogP contribution >= 0.6 is 11.6 Å². The Kier molecular flexibility index (Phi) is 5.78. The molecule has 1 atom stereocenters. The highest BCUT2D eigenvalue weighted by Gasteiger charge is 2.14. The first-order valence-corrected chi connectivity index (χ1v) is 8.49. The van der Waals surface area contributed by atoms with Gasteiger partial charge in [-0.25, -0.2) is 9.07 Å². The Hall–Kier alpha value is -2.84. The molecular weight excluding hydrogens is 373 g/mol. The van der Waals surface area contributed by atoms with E-state index < -0.39 is 5.82 Å². The van der Waals surface area contributed by atoms with Crippen LogP contribution in [0.2, 0.25) is 5.02 Å². The van der Waals surface area contributed by atoms with Crippen molar-refractivity contribution in [2.45, 2.75) is 13.0 Å². The van der Waals surface area contributed by atoms with Crippen molar-refractivity contribution < 1.29 is 13.9 Å². The van der Waals surface area contributed by atoms with Crippen LogP contribution in [-0.4, -0.2) is 45.9 Å². The molecule has 1 unspecified atom stereocenters. The second kappa shape index (κ2) is 8.24. The van der Waals surface area contributed by atoms with E-state index in [0.717, 1.165) is 0 Å². The van der Waals surface area contributed by atoms with Crippen LogP contribution in [0.15, 0.2) is 42.7 Å². The number of aromatic nitrogens is 4. The van der Waals surface area contributed by atoms with Gasteiger partial charge in [0.25, 0.3) is 5.91 Å². The molecule has 0 bridgehead atoms. The molecule has 0 saturated heterocycles. The number of amides is 1. The molecule has 7 nitrogen and oxygen atoms in total. The topological polar surface area (TPSA) is 81.9 Å². The summed E-state index contributed by atoms with van der Waals surface area (Å²) >= 11 is 5.77. The molecule has 27 heavy (non-hydrogen) atoms. The summed E-state index contributed by atoms with van der Waals surface area (Å²) < 4.78 is 20.4. The van der Waals surface area contributed by atoms with Gasteiger partial charge in [-0.3, -0.25) is 4.79 Å². The van der Waals surface area contributed by atoms with Crippen LogP contribution in [0.1, 0.15) is 17.3 Å². The first kappa shape index (κ1) is 18.9. The lowest BCUT2D eigenvalue weighted by Crippen LogP contribution is -2.35. The zero-order valence-electron chi connectivity index (χ0n) is 14.7. The lowest BCUT2D eigenvalue weighted by Gasteiger charge is -2.14. The third-order valence-corrected chi connectivity index (χ3v) is 4.15. The van der Waals surface area contributed by atoms with E-state index >= 15 is 0 Å². The lowest BCUT2D eigenvalue weighted by molar-refractivity contribution is 0.0905. The summed E-state index contributed by atoms with van der Waals surface area (Å²) in [5, 5.41) is 14.0. The largest absolute Gasteiger partial charge is 0.383 e. The molecule has 0 spiro atoms. The maximum absolute atomic E-state index is 13.9. The molecule has 9 heteroatoms. The molecule has 1 amide bonds. The van der Waals surface area contributed by atoms with Crippen molar-refractivity contribution >= 4 is 17.5 Å². The average Bonchev–Trinajstić information content (AvgIpc) is 3.18. The number of hydrogen-bond donors (Lipinski definition) is 1. The summed E-state index contributed by atoms with van der Waals surface area (Å²) in [5.41, 5.74) is 2.16. The number of hydrogen-bond acceptors (Lipinski definition) is 5. The number of halogens is 2. The zero-order valence-corrected chi connectivity index (χ0v) is 15.4. The Morgan fingerprint density at radius 3 is 2.78 bits per heavy atom. The average molecular weight is 390 g/mol. The molecule has 3 rings (SSSR count). The standard InChI is InChI=1S/C18H17ClFN5O2/c1-11(9-27-2)22-18(26)14-5-13(12-3-4-16(19)17(20)8-12)6-15(7-14)25-10-21-23-24-25/h3-8,10-11H,9H2,1-2H3,(H,22,26). The molecule has 2 aromatic carbocycles. The highest BCUT2D eigenvalue weighted by atomic mass is 35.5. The monoisotopic (exact) mass is 389 g/mol. The second-order valence-corrected chi connectivity index (χ2v) is 6.39. The maximum Gasteiger partial charge on any atom is 0.251 e. The third-order valence-electron chi connectivity index (χ3n) is 3.84. The number of carbonyl (C=O) groups is 1. The van der Waals surface area contributed by atoms with Crippen LogP contribution in [-0.2, 0) is 4.74 Å². The highest BCUT2D eigenvalue weighted by Crippen LogP contribution is 2.27. The van der Waals surface area contributed by atoms with Crippen LogP contribution < -0.4 is 5.32 Å². The number of benzene rings is 2. The van der Waals surface area contributed by atoms with Crippen molar-refractivity contribution in [1.29, 1.82) is 0 Å². The van der Waals surface area contributed by atoms with Crippen LogP contribution in [0.3, 0.4) is 0 Å². The first-order chi connectivity index (χ1) is 13.0. The van der Waals surface area contributed by atoms with E-state index in [1.165, 1.54) is 23.1 Å². The molecule has 0 aliphatic heterocycles. The summed E-state index contributed by atoms with van der Waals surface area (Å²) in [6.07, 6.45) is 1.41. The van der Waals surface area contributed by atoms with Gasteiger partial charge in [-0.2, -0.15) is 0 Å². The molecule has 0 saturated carbocycles. The van der Waals surface area contributed by atoms with Crippen LogP contribution in [0.25, 0.3) is 16.8 Å². The molecule has 0 fully saturated rings. The Balaban J connectivity index is 2.04.